The van der Waals surface area contributed by atoms with Crippen molar-refractivity contribution < 1.29 is 9.90 Å². The van der Waals surface area contributed by atoms with E-state index in [4.69, 9.17) is 5.11 Å². The van der Waals surface area contributed by atoms with Gasteiger partial charge in [-0.2, -0.15) is 0 Å². The van der Waals surface area contributed by atoms with Crippen molar-refractivity contribution in [1.82, 2.24) is 5.32 Å². The van der Waals surface area contributed by atoms with Gasteiger partial charge < -0.3 is 10.4 Å². The van der Waals surface area contributed by atoms with Crippen molar-refractivity contribution in [2.24, 2.45) is 11.8 Å². The Labute approximate surface area is 66.8 Å². The highest BCUT2D eigenvalue weighted by Gasteiger charge is 2.28. The highest BCUT2D eigenvalue weighted by Crippen LogP contribution is 2.20. The molecule has 0 unspecified atom stereocenters. The lowest BCUT2D eigenvalue weighted by Crippen LogP contribution is -2.44. The lowest BCUT2D eigenvalue weighted by atomic mass is 9.87. The summed E-state index contributed by atoms with van der Waals surface area (Å²) in [6.45, 7) is 4.82. The number of carboxylic acid groups (broad SMARTS) is 1. The zero-order chi connectivity index (χ0) is 8.43. The van der Waals surface area contributed by atoms with Crippen LogP contribution in [0.3, 0.4) is 0 Å². The number of carboxylic acids is 1. The molecule has 0 spiro atoms. The molecule has 1 fully saturated rings. The molecule has 0 amide bonds. The molecule has 3 heteroatoms. The summed E-state index contributed by atoms with van der Waals surface area (Å²) in [6, 6.07) is 0.464. The second kappa shape index (κ2) is 3.22. The highest BCUT2D eigenvalue weighted by molar-refractivity contribution is 5.70. The molecule has 11 heavy (non-hydrogen) atoms. The molecule has 0 saturated carbocycles. The van der Waals surface area contributed by atoms with Gasteiger partial charge in [0.1, 0.15) is 0 Å². The van der Waals surface area contributed by atoms with Crippen molar-refractivity contribution >= 4 is 5.97 Å². The molecule has 2 N–H and O–H groups in total. The van der Waals surface area contributed by atoms with Crippen LogP contribution in [0.5, 0.6) is 0 Å². The predicted octanol–water partition coefficient (Wildman–Crippen LogP) is 0.705. The van der Waals surface area contributed by atoms with Crippen LogP contribution < -0.4 is 5.32 Å². The van der Waals surface area contributed by atoms with E-state index >= 15 is 0 Å². The largest absolute Gasteiger partial charge is 0.481 e. The number of hydrogen-bond donors (Lipinski definition) is 2. The SMILES string of the molecule is C[C@@H]1C[C@H](C(=O)O)CN[C@@H]1C. The van der Waals surface area contributed by atoms with Crippen LogP contribution in [0.4, 0.5) is 0 Å². The summed E-state index contributed by atoms with van der Waals surface area (Å²) in [6.07, 6.45) is 0.809. The lowest BCUT2D eigenvalue weighted by Gasteiger charge is -2.30. The fraction of sp³-hybridized carbons (Fsp3) is 0.875. The molecule has 0 radical (unpaired) electrons. The van der Waals surface area contributed by atoms with E-state index in [9.17, 15) is 4.79 Å². The Kier molecular flexibility index (Phi) is 2.49. The molecule has 0 aromatic rings. The van der Waals surface area contributed by atoms with Gasteiger partial charge in [0.15, 0.2) is 0 Å². The molecule has 0 aromatic heterocycles. The third-order valence-electron chi connectivity index (χ3n) is 2.55. The Morgan fingerprint density at radius 1 is 1.55 bits per heavy atom. The van der Waals surface area contributed by atoms with Gasteiger partial charge in [0.25, 0.3) is 0 Å². The third-order valence-corrected chi connectivity index (χ3v) is 2.55. The molecular weight excluding hydrogens is 142 g/mol. The zero-order valence-corrected chi connectivity index (χ0v) is 7.00. The maximum atomic E-state index is 10.6. The van der Waals surface area contributed by atoms with Gasteiger partial charge in [-0.1, -0.05) is 6.92 Å². The number of hydrogen-bond acceptors (Lipinski definition) is 2. The van der Waals surface area contributed by atoms with E-state index in [1.807, 2.05) is 0 Å². The van der Waals surface area contributed by atoms with Gasteiger partial charge in [0.2, 0.25) is 0 Å². The van der Waals surface area contributed by atoms with E-state index in [0.717, 1.165) is 6.42 Å². The number of rotatable bonds is 1. The number of aliphatic carboxylic acids is 1. The second-order valence-corrected chi connectivity index (χ2v) is 3.45. The average molecular weight is 157 g/mol. The van der Waals surface area contributed by atoms with Crippen LogP contribution in [0.15, 0.2) is 0 Å². The lowest BCUT2D eigenvalue weighted by molar-refractivity contribution is -0.143. The second-order valence-electron chi connectivity index (χ2n) is 3.45. The zero-order valence-electron chi connectivity index (χ0n) is 7.00. The topological polar surface area (TPSA) is 49.3 Å². The normalized spacial score (nSPS) is 38.5. The summed E-state index contributed by atoms with van der Waals surface area (Å²) < 4.78 is 0. The molecule has 1 heterocycles. The maximum Gasteiger partial charge on any atom is 0.307 e. The van der Waals surface area contributed by atoms with Crippen LogP contribution in [0.1, 0.15) is 20.3 Å². The van der Waals surface area contributed by atoms with E-state index in [1.54, 1.807) is 0 Å². The summed E-state index contributed by atoms with van der Waals surface area (Å²) >= 11 is 0. The van der Waals surface area contributed by atoms with Gasteiger partial charge in [0.05, 0.1) is 5.92 Å². The standard InChI is InChI=1S/C8H15NO2/c1-5-3-7(8(10)11)4-9-6(5)2/h5-7,9H,3-4H2,1-2H3,(H,10,11)/t5-,6-,7+/m1/s1. The van der Waals surface area contributed by atoms with Gasteiger partial charge in [-0.15, -0.1) is 0 Å². The van der Waals surface area contributed by atoms with Crippen LogP contribution in [0, 0.1) is 11.8 Å². The van der Waals surface area contributed by atoms with Crippen molar-refractivity contribution in [3.05, 3.63) is 0 Å². The molecule has 1 aliphatic heterocycles. The predicted molar refractivity (Wildman–Crippen MR) is 42.4 cm³/mol. The van der Waals surface area contributed by atoms with Crippen LogP contribution in [-0.2, 0) is 4.79 Å². The summed E-state index contributed by atoms with van der Waals surface area (Å²) in [5.74, 6) is -0.373. The first-order chi connectivity index (χ1) is 5.11. The minimum absolute atomic E-state index is 0.179. The minimum atomic E-state index is -0.670. The molecule has 1 aliphatic rings. The molecule has 0 bridgehead atoms. The Balaban J connectivity index is 2.46. The van der Waals surface area contributed by atoms with Crippen LogP contribution in [0.2, 0.25) is 0 Å². The fourth-order valence-electron chi connectivity index (χ4n) is 1.45. The average Bonchev–Trinajstić information content (AvgIpc) is 1.94. The Morgan fingerprint density at radius 3 is 2.64 bits per heavy atom. The molecule has 0 aliphatic carbocycles. The van der Waals surface area contributed by atoms with Crippen molar-refractivity contribution in [2.45, 2.75) is 26.3 Å². The number of carbonyl (C=O) groups is 1. The van der Waals surface area contributed by atoms with E-state index in [0.29, 0.717) is 18.5 Å². The van der Waals surface area contributed by atoms with Gasteiger partial charge in [-0.05, 0) is 19.3 Å². The Hall–Kier alpha value is -0.570. The van der Waals surface area contributed by atoms with E-state index in [-0.39, 0.29) is 5.92 Å². The van der Waals surface area contributed by atoms with Gasteiger partial charge in [-0.3, -0.25) is 4.79 Å². The third kappa shape index (κ3) is 1.93. The smallest absolute Gasteiger partial charge is 0.307 e. The monoisotopic (exact) mass is 157 g/mol. The van der Waals surface area contributed by atoms with Crippen LogP contribution in [-0.4, -0.2) is 23.7 Å². The highest BCUT2D eigenvalue weighted by atomic mass is 16.4. The van der Waals surface area contributed by atoms with Crippen molar-refractivity contribution in [2.75, 3.05) is 6.54 Å². The molecule has 0 aromatic carbocycles. The van der Waals surface area contributed by atoms with Gasteiger partial charge >= 0.3 is 5.97 Å². The van der Waals surface area contributed by atoms with Crippen LogP contribution in [0.25, 0.3) is 0 Å². The first-order valence-corrected chi connectivity index (χ1v) is 4.07. The van der Waals surface area contributed by atoms with E-state index in [1.165, 1.54) is 0 Å². The fourth-order valence-corrected chi connectivity index (χ4v) is 1.45. The molecule has 1 rings (SSSR count). The van der Waals surface area contributed by atoms with E-state index < -0.39 is 5.97 Å². The quantitative estimate of drug-likeness (QED) is 0.589. The van der Waals surface area contributed by atoms with Crippen LogP contribution >= 0.6 is 0 Å². The molecule has 64 valence electrons. The maximum absolute atomic E-state index is 10.6. The summed E-state index contributed by atoms with van der Waals surface area (Å²) in [5, 5.41) is 11.9. The number of nitrogens with one attached hydrogen (secondary N) is 1. The molecule has 3 nitrogen and oxygen atoms in total. The van der Waals surface area contributed by atoms with Gasteiger partial charge in [0, 0.05) is 12.6 Å². The molecule has 1 saturated heterocycles. The first kappa shape index (κ1) is 8.53. The molecular formula is C8H15NO2. The van der Waals surface area contributed by atoms with Gasteiger partial charge in [-0.25, -0.2) is 0 Å². The summed E-state index contributed by atoms with van der Waals surface area (Å²) in [7, 11) is 0. The Morgan fingerprint density at radius 2 is 2.18 bits per heavy atom. The first-order valence-electron chi connectivity index (χ1n) is 4.07. The molecule has 3 atom stereocenters. The van der Waals surface area contributed by atoms with Crippen molar-refractivity contribution in [3.63, 3.8) is 0 Å². The van der Waals surface area contributed by atoms with Crippen molar-refractivity contribution in [3.8, 4) is 0 Å². The van der Waals surface area contributed by atoms with Crippen molar-refractivity contribution in [1.29, 1.82) is 0 Å². The Bertz CT molecular complexity index is 158. The number of piperidine rings is 1. The summed E-state index contributed by atoms with van der Waals surface area (Å²) in [4.78, 5) is 10.6. The van der Waals surface area contributed by atoms with E-state index in [2.05, 4.69) is 19.2 Å². The minimum Gasteiger partial charge on any atom is -0.481 e. The summed E-state index contributed by atoms with van der Waals surface area (Å²) in [5.41, 5.74) is 0.